The summed E-state index contributed by atoms with van der Waals surface area (Å²) in [6.07, 6.45) is 1.10. The Bertz CT molecular complexity index is 1180. The summed E-state index contributed by atoms with van der Waals surface area (Å²) in [5.41, 5.74) is 10.8. The maximum absolute atomic E-state index is 2.22. The second kappa shape index (κ2) is 8.85. The molecule has 0 N–H and O–H groups in total. The molecule has 5 aromatic carbocycles. The van der Waals surface area contributed by atoms with E-state index >= 15 is 0 Å². The van der Waals surface area contributed by atoms with Crippen molar-refractivity contribution in [2.75, 3.05) is 0 Å². The molecule has 0 saturated carbocycles. The first-order valence-corrected chi connectivity index (χ1v) is 10.8. The van der Waals surface area contributed by atoms with Gasteiger partial charge in [0.1, 0.15) is 0 Å². The van der Waals surface area contributed by atoms with Crippen LogP contribution in [0, 0.1) is 0 Å². The van der Waals surface area contributed by atoms with Crippen molar-refractivity contribution in [1.82, 2.24) is 0 Å². The first-order valence-electron chi connectivity index (χ1n) is 10.8. The molecule has 6 rings (SSSR count). The summed E-state index contributed by atoms with van der Waals surface area (Å²) in [4.78, 5) is 0. The van der Waals surface area contributed by atoms with Gasteiger partial charge in [0, 0.05) is 0 Å². The van der Waals surface area contributed by atoms with E-state index in [0.717, 1.165) is 6.42 Å². The van der Waals surface area contributed by atoms with Crippen molar-refractivity contribution in [1.29, 1.82) is 0 Å². The fraction of sp³-hybridized carbons (Fsp3) is 0.0323. The van der Waals surface area contributed by atoms with Crippen LogP contribution in [0.25, 0.3) is 33.4 Å². The number of rotatable bonds is 2. The van der Waals surface area contributed by atoms with Crippen LogP contribution in [0.3, 0.4) is 0 Å². The average molecular weight is 397 g/mol. The second-order valence-electron chi connectivity index (χ2n) is 7.77. The molecule has 148 valence electrons. The van der Waals surface area contributed by atoms with Gasteiger partial charge in [0.2, 0.25) is 0 Å². The summed E-state index contributed by atoms with van der Waals surface area (Å²) < 4.78 is 0. The quantitative estimate of drug-likeness (QED) is 0.276. The molecule has 1 aliphatic rings. The Labute approximate surface area is 184 Å². The minimum absolute atomic E-state index is 1.10. The van der Waals surface area contributed by atoms with Gasteiger partial charge < -0.3 is 0 Å². The van der Waals surface area contributed by atoms with Crippen LogP contribution in [-0.4, -0.2) is 0 Å². The van der Waals surface area contributed by atoms with Crippen molar-refractivity contribution in [3.8, 4) is 33.4 Å². The fourth-order valence-corrected chi connectivity index (χ4v) is 4.30. The van der Waals surface area contributed by atoms with Crippen molar-refractivity contribution in [3.05, 3.63) is 145 Å². The molecule has 0 heterocycles. The fourth-order valence-electron chi connectivity index (χ4n) is 4.30. The average Bonchev–Trinajstić information content (AvgIpc) is 3.24. The molecule has 0 bridgehead atoms. The SMILES string of the molecule is c1ccc(-c2ccccc2-c2ccccc2)cc1.c1ccc2c(c1)Cc1ccccc1-2. The van der Waals surface area contributed by atoms with Crippen LogP contribution in [0.15, 0.2) is 133 Å². The van der Waals surface area contributed by atoms with Gasteiger partial charge in [-0.05, 0) is 50.9 Å². The summed E-state index contributed by atoms with van der Waals surface area (Å²) in [6.45, 7) is 0. The lowest BCUT2D eigenvalue weighted by Crippen LogP contribution is -1.83. The molecule has 0 unspecified atom stereocenters. The van der Waals surface area contributed by atoms with Gasteiger partial charge in [-0.15, -0.1) is 0 Å². The molecule has 0 nitrogen and oxygen atoms in total. The van der Waals surface area contributed by atoms with Crippen molar-refractivity contribution < 1.29 is 0 Å². The van der Waals surface area contributed by atoms with Crippen molar-refractivity contribution >= 4 is 0 Å². The van der Waals surface area contributed by atoms with Crippen LogP contribution in [-0.2, 0) is 6.42 Å². The molecule has 5 aromatic rings. The zero-order chi connectivity index (χ0) is 20.9. The van der Waals surface area contributed by atoms with Crippen LogP contribution in [0.5, 0.6) is 0 Å². The number of hydrogen-bond acceptors (Lipinski definition) is 0. The van der Waals surface area contributed by atoms with Crippen LogP contribution in [0.1, 0.15) is 11.1 Å². The first kappa shape index (κ1) is 19.1. The van der Waals surface area contributed by atoms with Gasteiger partial charge in [-0.1, -0.05) is 133 Å². The maximum Gasteiger partial charge on any atom is -0.00135 e. The van der Waals surface area contributed by atoms with Crippen molar-refractivity contribution in [3.63, 3.8) is 0 Å². The normalized spacial score (nSPS) is 11.1. The Balaban J connectivity index is 0.000000138. The Morgan fingerprint density at radius 1 is 0.290 bits per heavy atom. The maximum atomic E-state index is 2.22. The van der Waals surface area contributed by atoms with Crippen LogP contribution >= 0.6 is 0 Å². The zero-order valence-corrected chi connectivity index (χ0v) is 17.4. The monoisotopic (exact) mass is 396 g/mol. The molecule has 0 aromatic heterocycles. The zero-order valence-electron chi connectivity index (χ0n) is 17.4. The largest absolute Gasteiger partial charge is 0.0622 e. The predicted octanol–water partition coefficient (Wildman–Crippen LogP) is 8.28. The van der Waals surface area contributed by atoms with Crippen LogP contribution < -0.4 is 0 Å². The molecule has 0 amide bonds. The van der Waals surface area contributed by atoms with E-state index in [1.807, 2.05) is 0 Å². The summed E-state index contributed by atoms with van der Waals surface area (Å²) >= 11 is 0. The molecule has 1 aliphatic carbocycles. The minimum Gasteiger partial charge on any atom is -0.0622 e. The van der Waals surface area contributed by atoms with E-state index in [1.165, 1.54) is 44.5 Å². The van der Waals surface area contributed by atoms with Crippen molar-refractivity contribution in [2.24, 2.45) is 0 Å². The van der Waals surface area contributed by atoms with E-state index in [1.54, 1.807) is 0 Å². The van der Waals surface area contributed by atoms with Gasteiger partial charge in [0.25, 0.3) is 0 Å². The molecule has 0 aliphatic heterocycles. The highest BCUT2D eigenvalue weighted by Crippen LogP contribution is 2.35. The first-order chi connectivity index (χ1) is 15.4. The third kappa shape index (κ3) is 4.06. The van der Waals surface area contributed by atoms with Gasteiger partial charge in [-0.25, -0.2) is 0 Å². The summed E-state index contributed by atoms with van der Waals surface area (Å²) in [5, 5.41) is 0. The Kier molecular flexibility index (Phi) is 5.45. The highest BCUT2D eigenvalue weighted by atomic mass is 14.2. The summed E-state index contributed by atoms with van der Waals surface area (Å²) in [6, 6.07) is 46.9. The molecule has 0 atom stereocenters. The molecular weight excluding hydrogens is 372 g/mol. The van der Waals surface area contributed by atoms with Crippen LogP contribution in [0.2, 0.25) is 0 Å². The Morgan fingerprint density at radius 2 is 0.613 bits per heavy atom. The van der Waals surface area contributed by atoms with Gasteiger partial charge in [-0.3, -0.25) is 0 Å². The third-order valence-electron chi connectivity index (χ3n) is 5.80. The van der Waals surface area contributed by atoms with Gasteiger partial charge >= 0.3 is 0 Å². The molecule has 0 saturated heterocycles. The lowest BCUT2D eigenvalue weighted by atomic mass is 9.95. The number of hydrogen-bond donors (Lipinski definition) is 0. The Hall–Kier alpha value is -3.90. The molecule has 0 spiro atoms. The van der Waals surface area contributed by atoms with Crippen LogP contribution in [0.4, 0.5) is 0 Å². The highest BCUT2D eigenvalue weighted by molar-refractivity contribution is 5.83. The molecule has 0 heteroatoms. The molecule has 31 heavy (non-hydrogen) atoms. The number of fused-ring (bicyclic) bond motifs is 3. The summed E-state index contributed by atoms with van der Waals surface area (Å²) in [7, 11) is 0. The standard InChI is InChI=1S/C18H14.C13H10/c1-3-9-15(10-4-1)17-13-7-8-14-18(17)16-11-5-2-6-12-16;1-3-7-12-10(5-1)9-11-6-2-4-8-13(11)12/h1-14H;1-8H,9H2. The van der Waals surface area contributed by atoms with E-state index < -0.39 is 0 Å². The molecular formula is C31H24. The lowest BCUT2D eigenvalue weighted by molar-refractivity contribution is 1.26. The second-order valence-corrected chi connectivity index (χ2v) is 7.77. The molecule has 0 radical (unpaired) electrons. The van der Waals surface area contributed by atoms with Crippen molar-refractivity contribution in [2.45, 2.75) is 6.42 Å². The lowest BCUT2D eigenvalue weighted by Gasteiger charge is -2.09. The van der Waals surface area contributed by atoms with E-state index in [-0.39, 0.29) is 0 Å². The topological polar surface area (TPSA) is 0 Å². The minimum atomic E-state index is 1.10. The van der Waals surface area contributed by atoms with E-state index in [4.69, 9.17) is 0 Å². The molecule has 0 fully saturated rings. The third-order valence-corrected chi connectivity index (χ3v) is 5.80. The van der Waals surface area contributed by atoms with E-state index in [9.17, 15) is 0 Å². The van der Waals surface area contributed by atoms with E-state index in [0.29, 0.717) is 0 Å². The van der Waals surface area contributed by atoms with Gasteiger partial charge in [0.05, 0.1) is 0 Å². The highest BCUT2D eigenvalue weighted by Gasteiger charge is 2.15. The number of benzene rings is 5. The Morgan fingerprint density at radius 3 is 1.03 bits per heavy atom. The van der Waals surface area contributed by atoms with Gasteiger partial charge in [0.15, 0.2) is 0 Å². The predicted molar refractivity (Wildman–Crippen MR) is 132 cm³/mol. The summed E-state index contributed by atoms with van der Waals surface area (Å²) in [5.74, 6) is 0. The van der Waals surface area contributed by atoms with Gasteiger partial charge in [-0.2, -0.15) is 0 Å². The van der Waals surface area contributed by atoms with E-state index in [2.05, 4.69) is 133 Å². The smallest absolute Gasteiger partial charge is 0.00135 e.